The number of rotatable bonds is 3. The Morgan fingerprint density at radius 2 is 1.21 bits per heavy atom. The Morgan fingerprint density at radius 3 is 1.63 bits per heavy atom. The number of aromatic nitrogens is 1. The predicted octanol–water partition coefficient (Wildman–Crippen LogP) is 4.49. The minimum absolute atomic E-state index is 1.15. The second-order valence-corrected chi connectivity index (χ2v) is 4.48. The molecule has 0 fully saturated rings. The predicted molar refractivity (Wildman–Crippen MR) is 80.1 cm³/mol. The van der Waals surface area contributed by atoms with Crippen LogP contribution in [0.2, 0.25) is 0 Å². The van der Waals surface area contributed by atoms with Crippen molar-refractivity contribution >= 4 is 17.2 Å². The maximum Gasteiger partial charge on any atom is 0.117 e. The van der Waals surface area contributed by atoms with Crippen LogP contribution in [-0.2, 0) is 7.05 Å². The molecule has 94 valence electrons. The van der Waals surface area contributed by atoms with Crippen LogP contribution < -0.4 is 4.90 Å². The van der Waals surface area contributed by atoms with Gasteiger partial charge < -0.3 is 4.57 Å². The van der Waals surface area contributed by atoms with Crippen molar-refractivity contribution in [3.05, 3.63) is 79.0 Å². The van der Waals surface area contributed by atoms with E-state index in [4.69, 9.17) is 0 Å². The van der Waals surface area contributed by atoms with Gasteiger partial charge in [0, 0.05) is 24.6 Å². The van der Waals surface area contributed by atoms with Crippen LogP contribution in [0.3, 0.4) is 0 Å². The SMILES string of the molecule is Cn1cccc1N(c1ccccc1)c1ccccc1. The summed E-state index contributed by atoms with van der Waals surface area (Å²) < 4.78 is 2.12. The fraction of sp³-hybridized carbons (Fsp3) is 0.0588. The Labute approximate surface area is 113 Å². The molecule has 0 spiro atoms. The zero-order chi connectivity index (χ0) is 13.1. The van der Waals surface area contributed by atoms with Gasteiger partial charge in [0.15, 0.2) is 0 Å². The summed E-state index contributed by atoms with van der Waals surface area (Å²) in [4.78, 5) is 2.25. The van der Waals surface area contributed by atoms with Gasteiger partial charge in [0.1, 0.15) is 5.82 Å². The summed E-state index contributed by atoms with van der Waals surface area (Å²) >= 11 is 0. The number of benzene rings is 2. The van der Waals surface area contributed by atoms with Gasteiger partial charge in [0.2, 0.25) is 0 Å². The topological polar surface area (TPSA) is 8.17 Å². The van der Waals surface area contributed by atoms with Crippen LogP contribution in [0, 0.1) is 0 Å². The van der Waals surface area contributed by atoms with Crippen LogP contribution >= 0.6 is 0 Å². The average Bonchev–Trinajstić information content (AvgIpc) is 2.88. The first-order valence-corrected chi connectivity index (χ1v) is 6.38. The highest BCUT2D eigenvalue weighted by atomic mass is 15.2. The average molecular weight is 248 g/mol. The number of nitrogens with zero attached hydrogens (tertiary/aromatic N) is 2. The molecule has 0 atom stereocenters. The number of hydrogen-bond acceptors (Lipinski definition) is 1. The third-order valence-corrected chi connectivity index (χ3v) is 3.17. The molecule has 0 aliphatic rings. The van der Waals surface area contributed by atoms with E-state index in [9.17, 15) is 0 Å². The highest BCUT2D eigenvalue weighted by Gasteiger charge is 2.13. The zero-order valence-corrected chi connectivity index (χ0v) is 10.9. The molecule has 0 unspecified atom stereocenters. The Morgan fingerprint density at radius 1 is 0.684 bits per heavy atom. The molecule has 2 heteroatoms. The lowest BCUT2D eigenvalue weighted by atomic mass is 10.2. The smallest absolute Gasteiger partial charge is 0.117 e. The van der Waals surface area contributed by atoms with E-state index in [1.807, 2.05) is 12.1 Å². The lowest BCUT2D eigenvalue weighted by Gasteiger charge is -2.25. The van der Waals surface area contributed by atoms with E-state index in [0.717, 1.165) is 17.2 Å². The molecular weight excluding hydrogens is 232 g/mol. The molecule has 0 N–H and O–H groups in total. The quantitative estimate of drug-likeness (QED) is 0.662. The fourth-order valence-corrected chi connectivity index (χ4v) is 2.25. The van der Waals surface area contributed by atoms with Crippen molar-refractivity contribution in [2.24, 2.45) is 7.05 Å². The van der Waals surface area contributed by atoms with Crippen LogP contribution in [0.15, 0.2) is 79.0 Å². The molecule has 0 aliphatic heterocycles. The molecule has 19 heavy (non-hydrogen) atoms. The van der Waals surface area contributed by atoms with E-state index in [1.54, 1.807) is 0 Å². The van der Waals surface area contributed by atoms with Gasteiger partial charge in [-0.25, -0.2) is 0 Å². The summed E-state index contributed by atoms with van der Waals surface area (Å²) in [5, 5.41) is 0. The minimum Gasteiger partial charge on any atom is -0.337 e. The number of para-hydroxylation sites is 2. The monoisotopic (exact) mass is 248 g/mol. The van der Waals surface area contributed by atoms with Crippen molar-refractivity contribution in [2.75, 3.05) is 4.90 Å². The van der Waals surface area contributed by atoms with E-state index >= 15 is 0 Å². The first-order valence-electron chi connectivity index (χ1n) is 6.38. The molecule has 3 aromatic rings. The van der Waals surface area contributed by atoms with Crippen molar-refractivity contribution in [1.29, 1.82) is 0 Å². The minimum atomic E-state index is 1.15. The third kappa shape index (κ3) is 2.25. The molecule has 1 heterocycles. The van der Waals surface area contributed by atoms with Gasteiger partial charge in [0.05, 0.1) is 0 Å². The van der Waals surface area contributed by atoms with Crippen molar-refractivity contribution in [2.45, 2.75) is 0 Å². The largest absolute Gasteiger partial charge is 0.337 e. The Hall–Kier alpha value is -2.48. The van der Waals surface area contributed by atoms with Gasteiger partial charge in [-0.15, -0.1) is 0 Å². The molecule has 2 nitrogen and oxygen atoms in total. The lowest BCUT2D eigenvalue weighted by Crippen LogP contribution is -2.12. The highest BCUT2D eigenvalue weighted by Crippen LogP contribution is 2.33. The van der Waals surface area contributed by atoms with Gasteiger partial charge in [-0.1, -0.05) is 36.4 Å². The van der Waals surface area contributed by atoms with Gasteiger partial charge in [0.25, 0.3) is 0 Å². The first kappa shape index (κ1) is 11.6. The lowest BCUT2D eigenvalue weighted by molar-refractivity contribution is 0.913. The van der Waals surface area contributed by atoms with Crippen LogP contribution in [0.5, 0.6) is 0 Å². The summed E-state index contributed by atoms with van der Waals surface area (Å²) in [6.45, 7) is 0. The second-order valence-electron chi connectivity index (χ2n) is 4.48. The fourth-order valence-electron chi connectivity index (χ4n) is 2.25. The Bertz CT molecular complexity index is 602. The molecule has 2 aromatic carbocycles. The normalized spacial score (nSPS) is 10.4. The van der Waals surface area contributed by atoms with Gasteiger partial charge in [-0.3, -0.25) is 4.90 Å². The van der Waals surface area contributed by atoms with Crippen molar-refractivity contribution < 1.29 is 0 Å². The molecule has 1 aromatic heterocycles. The molecule has 3 rings (SSSR count). The molecule has 0 saturated heterocycles. The van der Waals surface area contributed by atoms with Crippen molar-refractivity contribution in [3.63, 3.8) is 0 Å². The third-order valence-electron chi connectivity index (χ3n) is 3.17. The summed E-state index contributed by atoms with van der Waals surface area (Å²) in [5.74, 6) is 1.15. The molecule has 0 saturated carbocycles. The Kier molecular flexibility index (Phi) is 3.07. The van der Waals surface area contributed by atoms with Crippen molar-refractivity contribution in [1.82, 2.24) is 4.57 Å². The van der Waals surface area contributed by atoms with E-state index in [1.165, 1.54) is 0 Å². The van der Waals surface area contributed by atoms with Crippen LogP contribution in [0.1, 0.15) is 0 Å². The standard InChI is InChI=1S/C17H16N2/c1-18-14-8-13-17(18)19(15-9-4-2-5-10-15)16-11-6-3-7-12-16/h2-14H,1H3. The molecule has 0 radical (unpaired) electrons. The Balaban J connectivity index is 2.15. The molecular formula is C17H16N2. The van der Waals surface area contributed by atoms with E-state index in [-0.39, 0.29) is 0 Å². The maximum atomic E-state index is 2.25. The van der Waals surface area contributed by atoms with E-state index < -0.39 is 0 Å². The first-order chi connectivity index (χ1) is 9.36. The van der Waals surface area contributed by atoms with Crippen molar-refractivity contribution in [3.8, 4) is 0 Å². The van der Waals surface area contributed by atoms with Gasteiger partial charge in [-0.05, 0) is 36.4 Å². The second kappa shape index (κ2) is 5.02. The van der Waals surface area contributed by atoms with Gasteiger partial charge >= 0.3 is 0 Å². The van der Waals surface area contributed by atoms with Gasteiger partial charge in [-0.2, -0.15) is 0 Å². The number of hydrogen-bond donors (Lipinski definition) is 0. The molecule has 0 aliphatic carbocycles. The van der Waals surface area contributed by atoms with E-state index in [0.29, 0.717) is 0 Å². The van der Waals surface area contributed by atoms with Crippen LogP contribution in [0.25, 0.3) is 0 Å². The zero-order valence-electron chi connectivity index (χ0n) is 10.9. The maximum absolute atomic E-state index is 2.25. The van der Waals surface area contributed by atoms with Crippen LogP contribution in [0.4, 0.5) is 17.2 Å². The molecule has 0 amide bonds. The number of aryl methyl sites for hydroxylation is 1. The summed E-state index contributed by atoms with van der Waals surface area (Å²) in [5.41, 5.74) is 2.33. The molecule has 0 bridgehead atoms. The summed E-state index contributed by atoms with van der Waals surface area (Å²) in [7, 11) is 2.06. The summed E-state index contributed by atoms with van der Waals surface area (Å²) in [6, 6.07) is 25.0. The van der Waals surface area contributed by atoms with Crippen LogP contribution in [-0.4, -0.2) is 4.57 Å². The van der Waals surface area contributed by atoms with E-state index in [2.05, 4.69) is 83.4 Å². The highest BCUT2D eigenvalue weighted by molar-refractivity contribution is 5.74. The summed E-state index contributed by atoms with van der Waals surface area (Å²) in [6.07, 6.45) is 2.06. The number of anilines is 3.